The number of carbonyl (C=O) groups excluding carboxylic acids is 2. The summed E-state index contributed by atoms with van der Waals surface area (Å²) in [7, 11) is 4.22. The average Bonchev–Trinajstić information content (AvgIpc) is 2.11. The molecule has 0 spiro atoms. The van der Waals surface area contributed by atoms with Crippen molar-refractivity contribution in [1.82, 2.24) is 10.9 Å². The van der Waals surface area contributed by atoms with Crippen molar-refractivity contribution < 1.29 is 9.59 Å². The van der Waals surface area contributed by atoms with Gasteiger partial charge in [0.05, 0.1) is 6.04 Å². The van der Waals surface area contributed by atoms with E-state index in [1.807, 2.05) is 13.8 Å². The number of ketones is 2. The highest BCUT2D eigenvalue weighted by Gasteiger charge is 2.39. The minimum absolute atomic E-state index is 0.0167. The highest BCUT2D eigenvalue weighted by molar-refractivity contribution is 7.19. The summed E-state index contributed by atoms with van der Waals surface area (Å²) in [4.78, 5) is 22.8. The Morgan fingerprint density at radius 2 is 1.67 bits per heavy atom. The predicted octanol–water partition coefficient (Wildman–Crippen LogP) is 0.527. The molecular weight excluding hydrogens is 211 g/mol. The van der Waals surface area contributed by atoms with Crippen molar-refractivity contribution in [1.29, 1.82) is 0 Å². The Morgan fingerprint density at radius 3 is 1.93 bits per heavy atom. The molecule has 0 saturated heterocycles. The van der Waals surface area contributed by atoms with E-state index in [1.165, 1.54) is 13.8 Å². The molecule has 0 aromatic carbocycles. The van der Waals surface area contributed by atoms with Crippen LogP contribution >= 0.6 is 9.24 Å². The van der Waals surface area contributed by atoms with Gasteiger partial charge in [-0.05, 0) is 20.9 Å². The Kier molecular flexibility index (Phi) is 5.57. The van der Waals surface area contributed by atoms with Crippen LogP contribution in [-0.4, -0.2) is 30.3 Å². The monoisotopic (exact) mass is 232 g/mol. The third kappa shape index (κ3) is 3.63. The molecule has 15 heavy (non-hydrogen) atoms. The second-order valence-corrected chi connectivity index (χ2v) is 5.01. The van der Waals surface area contributed by atoms with Gasteiger partial charge in [-0.1, -0.05) is 13.8 Å². The number of hydrogen-bond acceptors (Lipinski definition) is 4. The molecular formula is C10H21N2O2P. The zero-order chi connectivity index (χ0) is 12.2. The molecule has 3 atom stereocenters. The van der Waals surface area contributed by atoms with Gasteiger partial charge in [0.1, 0.15) is 11.6 Å². The standard InChI is InChI=1S/C10H21N2O2P/c1-6(13)8(12-11-5)10(3,4)9(15)7(2)14/h8-9,11-12H,15H2,1-5H3. The van der Waals surface area contributed by atoms with E-state index in [0.29, 0.717) is 0 Å². The van der Waals surface area contributed by atoms with Crippen LogP contribution in [0.2, 0.25) is 0 Å². The average molecular weight is 232 g/mol. The van der Waals surface area contributed by atoms with Crippen molar-refractivity contribution in [3.8, 4) is 0 Å². The van der Waals surface area contributed by atoms with Gasteiger partial charge in [-0.15, -0.1) is 9.24 Å². The molecule has 0 rings (SSSR count). The van der Waals surface area contributed by atoms with Crippen molar-refractivity contribution in [3.63, 3.8) is 0 Å². The van der Waals surface area contributed by atoms with Gasteiger partial charge in [0.2, 0.25) is 0 Å². The molecule has 0 aliphatic carbocycles. The Balaban J connectivity index is 4.92. The van der Waals surface area contributed by atoms with Gasteiger partial charge in [-0.25, -0.2) is 5.43 Å². The molecule has 4 nitrogen and oxygen atoms in total. The first-order chi connectivity index (χ1) is 6.75. The Hall–Kier alpha value is -0.310. The largest absolute Gasteiger partial charge is 0.299 e. The highest BCUT2D eigenvalue weighted by Crippen LogP contribution is 2.32. The Labute approximate surface area is 93.7 Å². The maximum Gasteiger partial charge on any atom is 0.148 e. The van der Waals surface area contributed by atoms with E-state index in [4.69, 9.17) is 0 Å². The predicted molar refractivity (Wildman–Crippen MR) is 64.6 cm³/mol. The molecule has 0 fully saturated rings. The summed E-state index contributed by atoms with van der Waals surface area (Å²) < 4.78 is 0. The van der Waals surface area contributed by atoms with Crippen LogP contribution in [0, 0.1) is 5.41 Å². The van der Waals surface area contributed by atoms with E-state index in [-0.39, 0.29) is 23.3 Å². The summed E-state index contributed by atoms with van der Waals surface area (Å²) >= 11 is 0. The van der Waals surface area contributed by atoms with E-state index in [2.05, 4.69) is 20.1 Å². The fourth-order valence-electron chi connectivity index (χ4n) is 1.66. The van der Waals surface area contributed by atoms with Crippen molar-refractivity contribution in [2.24, 2.45) is 5.41 Å². The second-order valence-electron chi connectivity index (χ2n) is 4.35. The van der Waals surface area contributed by atoms with Gasteiger partial charge >= 0.3 is 0 Å². The molecule has 0 bridgehead atoms. The molecule has 0 aromatic heterocycles. The maximum absolute atomic E-state index is 11.5. The number of hydrazine groups is 1. The summed E-state index contributed by atoms with van der Waals surface area (Å²) in [6.07, 6.45) is 0. The quantitative estimate of drug-likeness (QED) is 0.518. The summed E-state index contributed by atoms with van der Waals surface area (Å²) in [6, 6.07) is -0.381. The summed E-state index contributed by atoms with van der Waals surface area (Å²) in [5.41, 5.74) is 4.97. The molecule has 88 valence electrons. The van der Waals surface area contributed by atoms with Gasteiger partial charge in [0.15, 0.2) is 0 Å². The molecule has 0 amide bonds. The number of Topliss-reactive ketones (excluding diaryl/α,β-unsaturated/α-hetero) is 2. The number of rotatable bonds is 6. The summed E-state index contributed by atoms with van der Waals surface area (Å²) in [5, 5.41) is 0. The molecule has 0 aromatic rings. The van der Waals surface area contributed by atoms with Gasteiger partial charge in [0, 0.05) is 11.1 Å². The lowest BCUT2D eigenvalue weighted by Crippen LogP contribution is -2.55. The van der Waals surface area contributed by atoms with Gasteiger partial charge in [-0.2, -0.15) is 0 Å². The van der Waals surface area contributed by atoms with Crippen LogP contribution in [0.4, 0.5) is 0 Å². The van der Waals surface area contributed by atoms with Crippen LogP contribution in [0.15, 0.2) is 0 Å². The van der Waals surface area contributed by atoms with E-state index >= 15 is 0 Å². The number of hydrogen-bond donors (Lipinski definition) is 2. The Morgan fingerprint density at radius 1 is 1.20 bits per heavy atom. The fraction of sp³-hybridized carbons (Fsp3) is 0.800. The number of nitrogens with one attached hydrogen (secondary N) is 2. The van der Waals surface area contributed by atoms with E-state index in [0.717, 1.165) is 0 Å². The second kappa shape index (κ2) is 5.69. The highest BCUT2D eigenvalue weighted by atomic mass is 31.0. The molecule has 5 heteroatoms. The molecule has 0 saturated carbocycles. The third-order valence-electron chi connectivity index (χ3n) is 2.68. The lowest BCUT2D eigenvalue weighted by atomic mass is 9.78. The molecule has 0 radical (unpaired) electrons. The zero-order valence-corrected chi connectivity index (χ0v) is 11.2. The van der Waals surface area contributed by atoms with Crippen molar-refractivity contribution in [2.75, 3.05) is 7.05 Å². The normalized spacial score (nSPS) is 15.9. The maximum atomic E-state index is 11.5. The minimum Gasteiger partial charge on any atom is -0.299 e. The van der Waals surface area contributed by atoms with Gasteiger partial charge in [0.25, 0.3) is 0 Å². The van der Waals surface area contributed by atoms with E-state index in [9.17, 15) is 9.59 Å². The smallest absolute Gasteiger partial charge is 0.148 e. The first-order valence-corrected chi connectivity index (χ1v) is 5.60. The van der Waals surface area contributed by atoms with Gasteiger partial charge < -0.3 is 0 Å². The molecule has 2 N–H and O–H groups in total. The zero-order valence-electron chi connectivity index (χ0n) is 10.0. The summed E-state index contributed by atoms with van der Waals surface area (Å²) in [6.45, 7) is 6.87. The fourth-order valence-corrected chi connectivity index (χ4v) is 1.85. The van der Waals surface area contributed by atoms with Crippen LogP contribution in [0.5, 0.6) is 0 Å². The van der Waals surface area contributed by atoms with Crippen molar-refractivity contribution >= 4 is 20.8 Å². The summed E-state index contributed by atoms with van der Waals surface area (Å²) in [5.74, 6) is 0.0807. The first-order valence-electron chi connectivity index (χ1n) is 4.93. The van der Waals surface area contributed by atoms with E-state index < -0.39 is 5.41 Å². The molecule has 3 unspecified atom stereocenters. The SMILES string of the molecule is CNNC(C(C)=O)C(C)(C)C(P)C(C)=O. The van der Waals surface area contributed by atoms with Crippen LogP contribution in [0.3, 0.4) is 0 Å². The minimum atomic E-state index is -0.439. The third-order valence-corrected chi connectivity index (χ3v) is 4.01. The molecule has 0 heterocycles. The molecule has 0 aliphatic heterocycles. The number of carbonyl (C=O) groups is 2. The Bertz CT molecular complexity index is 254. The lowest BCUT2D eigenvalue weighted by molar-refractivity contribution is -0.123. The first kappa shape index (κ1) is 14.7. The van der Waals surface area contributed by atoms with Gasteiger partial charge in [-0.3, -0.25) is 15.0 Å². The van der Waals surface area contributed by atoms with Crippen LogP contribution in [0.25, 0.3) is 0 Å². The lowest BCUT2D eigenvalue weighted by Gasteiger charge is -2.37. The molecule has 0 aliphatic rings. The van der Waals surface area contributed by atoms with Crippen LogP contribution in [0.1, 0.15) is 27.7 Å². The topological polar surface area (TPSA) is 58.2 Å². The van der Waals surface area contributed by atoms with E-state index in [1.54, 1.807) is 7.05 Å². The van der Waals surface area contributed by atoms with Crippen LogP contribution in [-0.2, 0) is 9.59 Å². The van der Waals surface area contributed by atoms with Crippen LogP contribution < -0.4 is 10.9 Å². The van der Waals surface area contributed by atoms with Crippen molar-refractivity contribution in [2.45, 2.75) is 39.4 Å². The van der Waals surface area contributed by atoms with Crippen molar-refractivity contribution in [3.05, 3.63) is 0 Å².